The summed E-state index contributed by atoms with van der Waals surface area (Å²) in [4.78, 5) is 16.7. The van der Waals surface area contributed by atoms with Crippen LogP contribution in [0.15, 0.2) is 47.8 Å². The van der Waals surface area contributed by atoms with Crippen LogP contribution in [-0.4, -0.2) is 32.3 Å². The summed E-state index contributed by atoms with van der Waals surface area (Å²) in [5.74, 6) is 1.57. The number of aromatic nitrogens is 1. The molecule has 7 heteroatoms. The Kier molecular flexibility index (Phi) is 5.93. The van der Waals surface area contributed by atoms with Crippen LogP contribution in [0.4, 0.5) is 0 Å². The molecule has 0 aliphatic heterocycles. The van der Waals surface area contributed by atoms with E-state index in [1.54, 1.807) is 44.9 Å². The molecule has 0 bridgehead atoms. The summed E-state index contributed by atoms with van der Waals surface area (Å²) in [7, 11) is 4.76. The smallest absolute Gasteiger partial charge is 0.358 e. The molecule has 6 nitrogen and oxygen atoms in total. The summed E-state index contributed by atoms with van der Waals surface area (Å²) >= 11 is 1.38. The molecule has 27 heavy (non-hydrogen) atoms. The van der Waals surface area contributed by atoms with Crippen molar-refractivity contribution in [2.24, 2.45) is 0 Å². The zero-order chi connectivity index (χ0) is 19.2. The van der Waals surface area contributed by atoms with Gasteiger partial charge in [-0.3, -0.25) is 0 Å². The molecule has 0 fully saturated rings. The average molecular weight is 385 g/mol. The molecule has 0 saturated carbocycles. The second-order valence-electron chi connectivity index (χ2n) is 5.52. The molecule has 0 N–H and O–H groups in total. The Morgan fingerprint density at radius 2 is 1.67 bits per heavy atom. The second-order valence-corrected chi connectivity index (χ2v) is 6.38. The van der Waals surface area contributed by atoms with Gasteiger partial charge in [0.15, 0.2) is 5.69 Å². The van der Waals surface area contributed by atoms with Gasteiger partial charge >= 0.3 is 5.97 Å². The molecular weight excluding hydrogens is 366 g/mol. The first-order valence-corrected chi connectivity index (χ1v) is 9.00. The van der Waals surface area contributed by atoms with Gasteiger partial charge in [0.1, 0.15) is 28.9 Å². The number of thiazole rings is 1. The van der Waals surface area contributed by atoms with Crippen molar-refractivity contribution in [2.45, 2.75) is 6.61 Å². The molecule has 0 aliphatic rings. The van der Waals surface area contributed by atoms with E-state index in [0.29, 0.717) is 11.5 Å². The van der Waals surface area contributed by atoms with Gasteiger partial charge in [-0.2, -0.15) is 0 Å². The van der Waals surface area contributed by atoms with Crippen LogP contribution < -0.4 is 14.2 Å². The van der Waals surface area contributed by atoms with E-state index < -0.39 is 5.97 Å². The van der Waals surface area contributed by atoms with Crippen molar-refractivity contribution in [1.29, 1.82) is 0 Å². The highest BCUT2D eigenvalue weighted by Crippen LogP contribution is 2.27. The van der Waals surface area contributed by atoms with Crippen molar-refractivity contribution in [3.63, 3.8) is 0 Å². The highest BCUT2D eigenvalue weighted by molar-refractivity contribution is 7.13. The van der Waals surface area contributed by atoms with Crippen LogP contribution in [-0.2, 0) is 11.3 Å². The summed E-state index contributed by atoms with van der Waals surface area (Å²) in [6.07, 6.45) is 0. The van der Waals surface area contributed by atoms with E-state index in [9.17, 15) is 4.79 Å². The van der Waals surface area contributed by atoms with Crippen LogP contribution in [0.5, 0.6) is 17.2 Å². The van der Waals surface area contributed by atoms with Crippen molar-refractivity contribution >= 4 is 17.3 Å². The fourth-order valence-corrected chi connectivity index (χ4v) is 3.24. The van der Waals surface area contributed by atoms with Gasteiger partial charge in [0.2, 0.25) is 0 Å². The van der Waals surface area contributed by atoms with Gasteiger partial charge in [0.25, 0.3) is 0 Å². The third-order valence-corrected chi connectivity index (χ3v) is 4.79. The Labute approximate surface area is 161 Å². The summed E-state index contributed by atoms with van der Waals surface area (Å²) in [6.45, 7) is 0.0641. The van der Waals surface area contributed by atoms with E-state index >= 15 is 0 Å². The number of rotatable bonds is 7. The number of benzene rings is 2. The Morgan fingerprint density at radius 3 is 2.33 bits per heavy atom. The van der Waals surface area contributed by atoms with Crippen molar-refractivity contribution in [1.82, 2.24) is 4.98 Å². The SMILES string of the molecule is COc1ccc(-c2nc(C(=O)OCc3cc(OC)ccc3OC)cs2)cc1. The van der Waals surface area contributed by atoms with Gasteiger partial charge in [-0.05, 0) is 42.5 Å². The van der Waals surface area contributed by atoms with Crippen molar-refractivity contribution in [3.05, 3.63) is 59.1 Å². The number of esters is 1. The van der Waals surface area contributed by atoms with Crippen molar-refractivity contribution < 1.29 is 23.7 Å². The van der Waals surface area contributed by atoms with E-state index in [-0.39, 0.29) is 12.3 Å². The van der Waals surface area contributed by atoms with Gasteiger partial charge < -0.3 is 18.9 Å². The maximum Gasteiger partial charge on any atom is 0.358 e. The maximum absolute atomic E-state index is 12.3. The highest BCUT2D eigenvalue weighted by atomic mass is 32.1. The minimum absolute atomic E-state index is 0.0641. The second kappa shape index (κ2) is 8.55. The minimum atomic E-state index is -0.490. The van der Waals surface area contributed by atoms with Crippen molar-refractivity contribution in [2.75, 3.05) is 21.3 Å². The number of hydrogen-bond acceptors (Lipinski definition) is 7. The average Bonchev–Trinajstić information content (AvgIpc) is 3.22. The molecular formula is C20H19NO5S. The monoisotopic (exact) mass is 385 g/mol. The molecule has 140 valence electrons. The van der Waals surface area contributed by atoms with Crippen LogP contribution in [0.1, 0.15) is 16.1 Å². The third-order valence-electron chi connectivity index (χ3n) is 3.90. The first kappa shape index (κ1) is 18.7. The lowest BCUT2D eigenvalue weighted by Crippen LogP contribution is -2.06. The quantitative estimate of drug-likeness (QED) is 0.568. The number of nitrogens with zero attached hydrogens (tertiary/aromatic N) is 1. The topological polar surface area (TPSA) is 66.9 Å². The molecule has 3 rings (SSSR count). The molecule has 0 aliphatic carbocycles. The van der Waals surface area contributed by atoms with Crippen LogP contribution in [0.2, 0.25) is 0 Å². The normalized spacial score (nSPS) is 10.3. The minimum Gasteiger partial charge on any atom is -0.497 e. The fourth-order valence-electron chi connectivity index (χ4n) is 2.45. The number of methoxy groups -OCH3 is 3. The predicted octanol–water partition coefficient (Wildman–Crippen LogP) is 4.19. The Morgan fingerprint density at radius 1 is 0.963 bits per heavy atom. The molecule has 0 spiro atoms. The number of carbonyl (C=O) groups is 1. The molecule has 2 aromatic carbocycles. The summed E-state index contributed by atoms with van der Waals surface area (Å²) in [6, 6.07) is 12.8. The molecule has 0 radical (unpaired) electrons. The maximum atomic E-state index is 12.3. The molecule has 0 unspecified atom stereocenters. The van der Waals surface area contributed by atoms with Crippen LogP contribution in [0.25, 0.3) is 10.6 Å². The Hall–Kier alpha value is -3.06. The van der Waals surface area contributed by atoms with E-state index in [2.05, 4.69) is 4.98 Å². The van der Waals surface area contributed by atoms with E-state index in [0.717, 1.165) is 21.9 Å². The zero-order valence-electron chi connectivity index (χ0n) is 15.2. The number of hydrogen-bond donors (Lipinski definition) is 0. The lowest BCUT2D eigenvalue weighted by Gasteiger charge is -2.10. The van der Waals surface area contributed by atoms with Crippen LogP contribution in [0.3, 0.4) is 0 Å². The fraction of sp³-hybridized carbons (Fsp3) is 0.200. The number of ether oxygens (including phenoxy) is 4. The molecule has 0 saturated heterocycles. The van der Waals surface area contributed by atoms with Gasteiger partial charge in [0.05, 0.1) is 21.3 Å². The van der Waals surface area contributed by atoms with Crippen LogP contribution >= 0.6 is 11.3 Å². The predicted molar refractivity (Wildman–Crippen MR) is 103 cm³/mol. The van der Waals surface area contributed by atoms with Gasteiger partial charge in [-0.1, -0.05) is 0 Å². The summed E-state index contributed by atoms with van der Waals surface area (Å²) < 4.78 is 21.0. The van der Waals surface area contributed by atoms with Gasteiger partial charge in [-0.25, -0.2) is 9.78 Å². The molecule has 1 heterocycles. The van der Waals surface area contributed by atoms with Gasteiger partial charge in [-0.15, -0.1) is 11.3 Å². The Balaban J connectivity index is 1.69. The largest absolute Gasteiger partial charge is 0.497 e. The lowest BCUT2D eigenvalue weighted by molar-refractivity contribution is 0.0464. The van der Waals surface area contributed by atoms with Crippen molar-refractivity contribution in [3.8, 4) is 27.8 Å². The first-order valence-electron chi connectivity index (χ1n) is 8.12. The van der Waals surface area contributed by atoms with E-state index in [1.165, 1.54) is 11.3 Å². The van der Waals surface area contributed by atoms with E-state index in [4.69, 9.17) is 18.9 Å². The van der Waals surface area contributed by atoms with Crippen LogP contribution in [0, 0.1) is 0 Å². The Bertz CT molecular complexity index is 920. The first-order chi connectivity index (χ1) is 13.1. The summed E-state index contributed by atoms with van der Waals surface area (Å²) in [5, 5.41) is 2.42. The standard InChI is InChI=1S/C20H19NO5S/c1-23-15-6-4-13(5-7-15)19-21-17(12-27-19)20(22)26-11-14-10-16(24-2)8-9-18(14)25-3/h4-10,12H,11H2,1-3H3. The van der Waals surface area contributed by atoms with Gasteiger partial charge in [0, 0.05) is 16.5 Å². The molecule has 3 aromatic rings. The highest BCUT2D eigenvalue weighted by Gasteiger charge is 2.15. The van der Waals surface area contributed by atoms with E-state index in [1.807, 2.05) is 24.3 Å². The molecule has 0 atom stereocenters. The molecule has 0 amide bonds. The third kappa shape index (κ3) is 4.38. The summed E-state index contributed by atoms with van der Waals surface area (Å²) in [5.41, 5.74) is 1.90. The lowest BCUT2D eigenvalue weighted by atomic mass is 10.2. The zero-order valence-corrected chi connectivity index (χ0v) is 16.0. The molecule has 1 aromatic heterocycles. The number of carbonyl (C=O) groups excluding carboxylic acids is 1.